The summed E-state index contributed by atoms with van der Waals surface area (Å²) in [7, 11) is 0. The smallest absolute Gasteiger partial charge is 0.338 e. The van der Waals surface area contributed by atoms with Crippen molar-refractivity contribution in [1.29, 1.82) is 0 Å². The van der Waals surface area contributed by atoms with Crippen LogP contribution in [0.1, 0.15) is 116 Å². The molecule has 4 heteroatoms. The van der Waals surface area contributed by atoms with Crippen LogP contribution in [0.25, 0.3) is 0 Å². The van der Waals surface area contributed by atoms with Crippen molar-refractivity contribution in [2.45, 2.75) is 111 Å². The lowest BCUT2D eigenvalue weighted by molar-refractivity contribution is -0.0594. The van der Waals surface area contributed by atoms with Crippen LogP contribution in [0, 0.1) is 46.3 Å². The molecule has 0 saturated heterocycles. The van der Waals surface area contributed by atoms with Gasteiger partial charge in [0.2, 0.25) is 0 Å². The summed E-state index contributed by atoms with van der Waals surface area (Å²) in [6, 6.07) is 4.98. The Morgan fingerprint density at radius 3 is 2.53 bits per heavy atom. The van der Waals surface area contributed by atoms with Crippen molar-refractivity contribution < 1.29 is 9.53 Å². The molecule has 0 amide bonds. The number of ether oxygens (including phenoxy) is 1. The molecule has 0 aliphatic heterocycles. The Kier molecular flexibility index (Phi) is 8.35. The van der Waals surface area contributed by atoms with E-state index in [2.05, 4.69) is 40.7 Å². The van der Waals surface area contributed by atoms with Crippen molar-refractivity contribution in [3.05, 3.63) is 45.5 Å². The average molecular weight is 560 g/mol. The van der Waals surface area contributed by atoms with E-state index in [-0.39, 0.29) is 17.5 Å². The van der Waals surface area contributed by atoms with E-state index in [1.165, 1.54) is 51.4 Å². The molecule has 0 spiro atoms. The van der Waals surface area contributed by atoms with Crippen LogP contribution >= 0.6 is 23.2 Å². The van der Waals surface area contributed by atoms with Gasteiger partial charge < -0.3 is 4.74 Å². The highest BCUT2D eigenvalue weighted by Gasteiger charge is 2.59. The zero-order chi connectivity index (χ0) is 27.2. The molecule has 4 aliphatic rings. The maximum absolute atomic E-state index is 12.8. The standard InChI is InChI=1S/C34H48Cl2O2/c1-21(2)7-6-8-22(3)27-12-13-28-26-11-10-24-20-25(38-32(37)23-9-14-30(35)31(36)19-23)15-17-33(24,4)29(26)16-18-34(27,28)5/h9-10,14,19,21-22,25-29H,6-8,11-13,15-18,20H2,1-5H3/t22-,25+,26?,27+,28-,29?,33?,34+/m1/s1. The van der Waals surface area contributed by atoms with E-state index in [1.54, 1.807) is 23.8 Å². The molecule has 2 nitrogen and oxygen atoms in total. The minimum Gasteiger partial charge on any atom is -0.458 e. The Labute approximate surface area is 241 Å². The number of benzene rings is 1. The van der Waals surface area contributed by atoms with Gasteiger partial charge >= 0.3 is 5.97 Å². The number of halogens is 2. The third kappa shape index (κ3) is 5.23. The molecule has 0 aromatic heterocycles. The monoisotopic (exact) mass is 558 g/mol. The predicted octanol–water partition coefficient (Wildman–Crippen LogP) is 10.6. The zero-order valence-electron chi connectivity index (χ0n) is 24.2. The second-order valence-electron chi connectivity index (χ2n) is 14.2. The topological polar surface area (TPSA) is 26.3 Å². The third-order valence-corrected chi connectivity index (χ3v) is 12.4. The maximum Gasteiger partial charge on any atom is 0.338 e. The summed E-state index contributed by atoms with van der Waals surface area (Å²) < 4.78 is 5.99. The van der Waals surface area contributed by atoms with Crippen LogP contribution in [0.2, 0.25) is 10.0 Å². The number of hydrogen-bond acceptors (Lipinski definition) is 2. The van der Waals surface area contributed by atoms with Gasteiger partial charge in [0, 0.05) is 6.42 Å². The molecule has 0 N–H and O–H groups in total. The second kappa shape index (κ2) is 11.1. The quantitative estimate of drug-likeness (QED) is 0.245. The van der Waals surface area contributed by atoms with Gasteiger partial charge in [-0.3, -0.25) is 0 Å². The fraction of sp³-hybridized carbons (Fsp3) is 0.735. The van der Waals surface area contributed by atoms with Crippen molar-refractivity contribution in [2.75, 3.05) is 0 Å². The molecule has 1 aromatic carbocycles. The summed E-state index contributed by atoms with van der Waals surface area (Å²) in [6.45, 7) is 12.5. The van der Waals surface area contributed by atoms with E-state index < -0.39 is 0 Å². The normalized spacial score (nSPS) is 37.2. The van der Waals surface area contributed by atoms with Crippen molar-refractivity contribution in [3.63, 3.8) is 0 Å². The Balaban J connectivity index is 1.25. The van der Waals surface area contributed by atoms with Crippen molar-refractivity contribution in [1.82, 2.24) is 0 Å². The Morgan fingerprint density at radius 2 is 1.79 bits per heavy atom. The SMILES string of the molecule is CC(C)CCC[C@@H](C)[C@@H]1CC[C@@H]2C3CC=C4C[C@@H](OC(=O)c5ccc(Cl)c(Cl)c5)CCC4(C)C3CC[C@]21C. The minimum atomic E-state index is -0.292. The first-order valence-corrected chi connectivity index (χ1v) is 16.1. The van der Waals surface area contributed by atoms with Crippen LogP contribution in [-0.2, 0) is 4.74 Å². The molecule has 3 fully saturated rings. The van der Waals surface area contributed by atoms with Gasteiger partial charge in [-0.25, -0.2) is 4.79 Å². The molecule has 3 saturated carbocycles. The first-order valence-electron chi connectivity index (χ1n) is 15.4. The fourth-order valence-corrected chi connectivity index (χ4v) is 9.89. The van der Waals surface area contributed by atoms with E-state index in [1.807, 2.05) is 0 Å². The number of carbonyl (C=O) groups excluding carboxylic acids is 1. The second-order valence-corrected chi connectivity index (χ2v) is 15.0. The molecule has 3 unspecified atom stereocenters. The number of fused-ring (bicyclic) bond motifs is 5. The number of allylic oxidation sites excluding steroid dienone is 1. The first kappa shape index (κ1) is 28.5. The van der Waals surface area contributed by atoms with Crippen LogP contribution < -0.4 is 0 Å². The highest BCUT2D eigenvalue weighted by molar-refractivity contribution is 6.42. The summed E-state index contributed by atoms with van der Waals surface area (Å²) in [4.78, 5) is 12.8. The Morgan fingerprint density at radius 1 is 1.00 bits per heavy atom. The zero-order valence-corrected chi connectivity index (χ0v) is 25.7. The van der Waals surface area contributed by atoms with E-state index in [4.69, 9.17) is 27.9 Å². The molecule has 210 valence electrons. The molecule has 5 rings (SSSR count). The van der Waals surface area contributed by atoms with Crippen LogP contribution in [0.3, 0.4) is 0 Å². The highest BCUT2D eigenvalue weighted by Crippen LogP contribution is 2.67. The lowest BCUT2D eigenvalue weighted by Gasteiger charge is -2.58. The number of rotatable bonds is 7. The highest BCUT2D eigenvalue weighted by atomic mass is 35.5. The Hall–Kier alpha value is -0.990. The van der Waals surface area contributed by atoms with Gasteiger partial charge in [-0.1, -0.05) is 88.7 Å². The van der Waals surface area contributed by atoms with Crippen LogP contribution in [0.5, 0.6) is 0 Å². The van der Waals surface area contributed by atoms with Crippen LogP contribution in [-0.4, -0.2) is 12.1 Å². The predicted molar refractivity (Wildman–Crippen MR) is 159 cm³/mol. The summed E-state index contributed by atoms with van der Waals surface area (Å²) in [6.07, 6.45) is 16.5. The summed E-state index contributed by atoms with van der Waals surface area (Å²) in [5.41, 5.74) is 2.81. The lowest BCUT2D eigenvalue weighted by atomic mass is 9.47. The first-order chi connectivity index (χ1) is 18.0. The summed E-state index contributed by atoms with van der Waals surface area (Å²) in [5.74, 6) is 4.76. The molecule has 8 atom stereocenters. The van der Waals surface area contributed by atoms with E-state index in [0.717, 1.165) is 54.8 Å². The molecule has 38 heavy (non-hydrogen) atoms. The van der Waals surface area contributed by atoms with Gasteiger partial charge in [-0.05, 0) is 109 Å². The number of hydrogen-bond donors (Lipinski definition) is 0. The van der Waals surface area contributed by atoms with Gasteiger partial charge in [-0.15, -0.1) is 0 Å². The average Bonchev–Trinajstić information content (AvgIpc) is 3.23. The van der Waals surface area contributed by atoms with Gasteiger partial charge in [0.1, 0.15) is 6.10 Å². The lowest BCUT2D eigenvalue weighted by Crippen LogP contribution is -2.51. The summed E-state index contributed by atoms with van der Waals surface area (Å²) in [5, 5.41) is 0.845. The summed E-state index contributed by atoms with van der Waals surface area (Å²) >= 11 is 12.2. The van der Waals surface area contributed by atoms with Gasteiger partial charge in [0.15, 0.2) is 0 Å². The molecular formula is C34H48Cl2O2. The van der Waals surface area contributed by atoms with Gasteiger partial charge in [0.05, 0.1) is 15.6 Å². The molecule has 1 aromatic rings. The molecule has 0 bridgehead atoms. The number of carbonyl (C=O) groups is 1. The minimum absolute atomic E-state index is 0.0516. The molecule has 0 radical (unpaired) electrons. The number of esters is 1. The van der Waals surface area contributed by atoms with Gasteiger partial charge in [-0.2, -0.15) is 0 Å². The fourth-order valence-electron chi connectivity index (χ4n) is 9.60. The third-order valence-electron chi connectivity index (χ3n) is 11.7. The van der Waals surface area contributed by atoms with E-state index >= 15 is 0 Å². The van der Waals surface area contributed by atoms with Gasteiger partial charge in [0.25, 0.3) is 0 Å². The van der Waals surface area contributed by atoms with Crippen LogP contribution in [0.4, 0.5) is 0 Å². The van der Waals surface area contributed by atoms with Crippen LogP contribution in [0.15, 0.2) is 29.8 Å². The van der Waals surface area contributed by atoms with E-state index in [9.17, 15) is 4.79 Å². The van der Waals surface area contributed by atoms with Crippen molar-refractivity contribution >= 4 is 29.2 Å². The maximum atomic E-state index is 12.8. The van der Waals surface area contributed by atoms with E-state index in [0.29, 0.717) is 21.0 Å². The van der Waals surface area contributed by atoms with Crippen molar-refractivity contribution in [3.8, 4) is 0 Å². The largest absolute Gasteiger partial charge is 0.458 e. The molecular weight excluding hydrogens is 511 g/mol. The van der Waals surface area contributed by atoms with Crippen molar-refractivity contribution in [2.24, 2.45) is 46.3 Å². The molecule has 4 aliphatic carbocycles. The molecule has 0 heterocycles. The Bertz CT molecular complexity index is 1060.